The lowest BCUT2D eigenvalue weighted by Gasteiger charge is -2.41. The number of imide groups is 1. The fourth-order valence-electron chi connectivity index (χ4n) is 9.08. The van der Waals surface area contributed by atoms with Crippen molar-refractivity contribution >= 4 is 23.3 Å². The van der Waals surface area contributed by atoms with Crippen LogP contribution in [0.2, 0.25) is 0 Å². The Hall–Kier alpha value is -4.84. The first kappa shape index (κ1) is 33.3. The molecule has 3 aliphatic heterocycles. The van der Waals surface area contributed by atoms with Crippen molar-refractivity contribution in [1.29, 1.82) is 0 Å². The minimum absolute atomic E-state index is 0.0793. The van der Waals surface area contributed by atoms with Crippen LogP contribution in [0.1, 0.15) is 81.4 Å². The molecule has 12 heteroatoms. The van der Waals surface area contributed by atoms with Gasteiger partial charge >= 0.3 is 0 Å². The van der Waals surface area contributed by atoms with Crippen molar-refractivity contribution in [3.05, 3.63) is 71.8 Å². The van der Waals surface area contributed by atoms with Gasteiger partial charge in [-0.15, -0.1) is 10.2 Å². The highest BCUT2D eigenvalue weighted by molar-refractivity contribution is 6.00. The summed E-state index contributed by atoms with van der Waals surface area (Å²) in [6, 6.07) is 12.6. The second-order valence-corrected chi connectivity index (χ2v) is 14.8. The molecule has 1 aliphatic carbocycles. The van der Waals surface area contributed by atoms with Gasteiger partial charge in [0.1, 0.15) is 17.6 Å². The SMILES string of the molecule is CC1CCC(=O)NC(=O)[C@@H]1N1CCc2c1cccc2[C@H]1CC[C@H](N2CCC(n3cc(-c4cc(-c5cc(F)ccc5O)nnc4N)cn3)CC2)CC1. The van der Waals surface area contributed by atoms with Crippen LogP contribution in [-0.4, -0.2) is 73.5 Å². The van der Waals surface area contributed by atoms with Crippen molar-refractivity contribution in [3.63, 3.8) is 0 Å². The minimum Gasteiger partial charge on any atom is -0.507 e. The molecule has 51 heavy (non-hydrogen) atoms. The number of nitrogen functional groups attached to an aromatic ring is 1. The molecule has 2 aromatic heterocycles. The standard InChI is InChI=1S/C39H45FN8O3/c1-23-5-12-36(50)43-39(51)37(23)47-18-15-30-29(3-2-4-34(30)47)24-6-9-27(10-7-24)46-16-13-28(14-17-46)48-22-25(21-42-48)31-20-33(44-45-38(31)41)32-19-26(40)8-11-35(32)49/h2-4,8,11,19-24,27-28,37,49H,5-7,9-10,12-18H2,1H3,(H2,41,45)(H,43,50,51)/t23?,24-,27-,37-/m1/s1. The normalized spacial score (nSPS) is 24.7. The van der Waals surface area contributed by atoms with Crippen LogP contribution in [0, 0.1) is 11.7 Å². The van der Waals surface area contributed by atoms with Crippen molar-refractivity contribution < 1.29 is 19.1 Å². The number of hydrogen-bond donors (Lipinski definition) is 3. The Labute approximate surface area is 297 Å². The predicted molar refractivity (Wildman–Crippen MR) is 192 cm³/mol. The highest BCUT2D eigenvalue weighted by atomic mass is 19.1. The highest BCUT2D eigenvalue weighted by Crippen LogP contribution is 2.43. The molecule has 0 bridgehead atoms. The first-order valence-electron chi connectivity index (χ1n) is 18.4. The predicted octanol–water partition coefficient (Wildman–Crippen LogP) is 5.60. The average Bonchev–Trinajstić information content (AvgIpc) is 3.78. The number of anilines is 2. The van der Waals surface area contributed by atoms with Crippen molar-refractivity contribution in [2.45, 2.75) is 88.8 Å². The quantitative estimate of drug-likeness (QED) is 0.220. The summed E-state index contributed by atoms with van der Waals surface area (Å²) in [6.45, 7) is 4.96. The summed E-state index contributed by atoms with van der Waals surface area (Å²) in [6.07, 6.45) is 12.5. The van der Waals surface area contributed by atoms with Crippen molar-refractivity contribution in [2.75, 3.05) is 30.3 Å². The van der Waals surface area contributed by atoms with Gasteiger partial charge < -0.3 is 20.6 Å². The van der Waals surface area contributed by atoms with Crippen LogP contribution in [-0.2, 0) is 16.0 Å². The number of phenols is 1. The van der Waals surface area contributed by atoms with Gasteiger partial charge in [0.05, 0.1) is 17.9 Å². The van der Waals surface area contributed by atoms with Gasteiger partial charge in [0.25, 0.3) is 0 Å². The molecule has 2 saturated heterocycles. The lowest BCUT2D eigenvalue weighted by Crippen LogP contribution is -2.49. The van der Waals surface area contributed by atoms with Crippen LogP contribution in [0.4, 0.5) is 15.9 Å². The Balaban J connectivity index is 0.883. The second kappa shape index (κ2) is 13.7. The maximum atomic E-state index is 13.9. The highest BCUT2D eigenvalue weighted by Gasteiger charge is 2.39. The number of phenolic OH excluding ortho intramolecular Hbond substituents is 1. The molecule has 2 amide bonds. The molecule has 8 rings (SSSR count). The summed E-state index contributed by atoms with van der Waals surface area (Å²) in [4.78, 5) is 30.0. The first-order chi connectivity index (χ1) is 24.7. The summed E-state index contributed by atoms with van der Waals surface area (Å²) in [7, 11) is 0. The number of aromatic nitrogens is 4. The minimum atomic E-state index is -0.473. The van der Waals surface area contributed by atoms with Crippen LogP contribution in [0.15, 0.2) is 54.9 Å². The molecule has 4 aromatic rings. The van der Waals surface area contributed by atoms with Gasteiger partial charge in [-0.3, -0.25) is 19.6 Å². The van der Waals surface area contributed by atoms with Crippen LogP contribution in [0.3, 0.4) is 0 Å². The molecular weight excluding hydrogens is 647 g/mol. The molecule has 0 spiro atoms. The Kier molecular flexibility index (Phi) is 8.95. The number of fused-ring (bicyclic) bond motifs is 1. The third-order valence-electron chi connectivity index (χ3n) is 11.8. The molecule has 0 radical (unpaired) electrons. The fraction of sp³-hybridized carbons (Fsp3) is 0.462. The summed E-state index contributed by atoms with van der Waals surface area (Å²) in [5.74, 6) is 0.0228. The largest absolute Gasteiger partial charge is 0.507 e. The number of nitrogens with zero attached hydrogens (tertiary/aromatic N) is 6. The van der Waals surface area contributed by atoms with E-state index in [0.29, 0.717) is 29.6 Å². The first-order valence-corrected chi connectivity index (χ1v) is 18.4. The topological polar surface area (TPSA) is 142 Å². The third-order valence-corrected chi connectivity index (χ3v) is 11.8. The lowest BCUT2D eigenvalue weighted by molar-refractivity contribution is -0.130. The molecular formula is C39H45FN8O3. The van der Waals surface area contributed by atoms with Gasteiger partial charge in [0.2, 0.25) is 11.8 Å². The molecule has 11 nitrogen and oxygen atoms in total. The number of likely N-dealkylation sites (tertiary alicyclic amines) is 1. The molecule has 5 heterocycles. The summed E-state index contributed by atoms with van der Waals surface area (Å²) < 4.78 is 15.9. The zero-order valence-electron chi connectivity index (χ0n) is 29.0. The van der Waals surface area contributed by atoms with Crippen LogP contribution >= 0.6 is 0 Å². The molecule has 266 valence electrons. The number of halogens is 1. The van der Waals surface area contributed by atoms with E-state index in [1.54, 1.807) is 12.3 Å². The van der Waals surface area contributed by atoms with E-state index in [-0.39, 0.29) is 46.9 Å². The molecule has 2 aromatic carbocycles. The summed E-state index contributed by atoms with van der Waals surface area (Å²) in [5, 5.41) is 25.8. The Morgan fingerprint density at radius 3 is 2.51 bits per heavy atom. The monoisotopic (exact) mass is 692 g/mol. The Bertz CT molecular complexity index is 1950. The van der Waals surface area contributed by atoms with E-state index in [1.165, 1.54) is 47.9 Å². The van der Waals surface area contributed by atoms with Crippen molar-refractivity contribution in [2.24, 2.45) is 5.92 Å². The number of aromatic hydroxyl groups is 1. The number of rotatable bonds is 6. The summed E-state index contributed by atoms with van der Waals surface area (Å²) in [5.41, 5.74) is 12.3. The third kappa shape index (κ3) is 6.45. The zero-order valence-corrected chi connectivity index (χ0v) is 29.0. The lowest BCUT2D eigenvalue weighted by atomic mass is 9.79. The average molecular weight is 693 g/mol. The van der Waals surface area contributed by atoms with Gasteiger partial charge in [-0.25, -0.2) is 4.39 Å². The van der Waals surface area contributed by atoms with Crippen molar-refractivity contribution in [3.8, 4) is 28.1 Å². The van der Waals surface area contributed by atoms with Crippen LogP contribution < -0.4 is 16.0 Å². The van der Waals surface area contributed by atoms with E-state index in [0.717, 1.165) is 63.7 Å². The molecule has 1 saturated carbocycles. The van der Waals surface area contributed by atoms with Crippen molar-refractivity contribution in [1.82, 2.24) is 30.2 Å². The number of piperidine rings is 1. The number of amides is 2. The van der Waals surface area contributed by atoms with E-state index in [2.05, 4.69) is 50.4 Å². The fourth-order valence-corrected chi connectivity index (χ4v) is 9.08. The molecule has 4 N–H and O–H groups in total. The van der Waals surface area contributed by atoms with E-state index in [4.69, 9.17) is 10.8 Å². The van der Waals surface area contributed by atoms with E-state index in [1.807, 2.05) is 10.9 Å². The summed E-state index contributed by atoms with van der Waals surface area (Å²) >= 11 is 0. The van der Waals surface area contributed by atoms with Gasteiger partial charge in [-0.1, -0.05) is 19.1 Å². The van der Waals surface area contributed by atoms with E-state index in [9.17, 15) is 19.1 Å². The number of nitrogens with two attached hydrogens (primary N) is 1. The molecule has 1 unspecified atom stereocenters. The smallest absolute Gasteiger partial charge is 0.249 e. The number of carbonyl (C=O) groups is 2. The Morgan fingerprint density at radius 2 is 1.71 bits per heavy atom. The molecule has 2 atom stereocenters. The molecule has 4 aliphatic rings. The molecule has 3 fully saturated rings. The number of benzene rings is 2. The second-order valence-electron chi connectivity index (χ2n) is 14.8. The number of carbonyl (C=O) groups excluding carboxylic acids is 2. The van der Waals surface area contributed by atoms with Gasteiger partial charge in [0, 0.05) is 60.7 Å². The van der Waals surface area contributed by atoms with Crippen LogP contribution in [0.25, 0.3) is 22.4 Å². The van der Waals surface area contributed by atoms with Gasteiger partial charge in [0.15, 0.2) is 5.82 Å². The van der Waals surface area contributed by atoms with Crippen LogP contribution in [0.5, 0.6) is 5.75 Å². The Morgan fingerprint density at radius 1 is 0.902 bits per heavy atom. The zero-order chi connectivity index (χ0) is 35.2. The van der Waals surface area contributed by atoms with E-state index < -0.39 is 5.82 Å². The maximum Gasteiger partial charge on any atom is 0.249 e. The number of nitrogens with one attached hydrogen (secondary N) is 1. The van der Waals surface area contributed by atoms with Gasteiger partial charge in [-0.2, -0.15) is 5.10 Å². The number of hydrogen-bond acceptors (Lipinski definition) is 9. The van der Waals surface area contributed by atoms with Gasteiger partial charge in [-0.05, 0) is 105 Å². The maximum absolute atomic E-state index is 13.9. The van der Waals surface area contributed by atoms with E-state index >= 15 is 0 Å².